The van der Waals surface area contributed by atoms with Crippen LogP contribution in [0.4, 0.5) is 5.69 Å². The number of aromatic carboxylic acids is 1. The molecule has 19 heavy (non-hydrogen) atoms. The first-order valence-electron chi connectivity index (χ1n) is 5.69. The molecule has 0 aliphatic carbocycles. The van der Waals surface area contributed by atoms with E-state index in [9.17, 15) is 9.90 Å². The van der Waals surface area contributed by atoms with Crippen LogP contribution < -0.4 is 5.73 Å². The fraction of sp³-hybridized carbons (Fsp3) is 0.143. The largest absolute Gasteiger partial charge is 0.478 e. The van der Waals surface area contributed by atoms with Gasteiger partial charge >= 0.3 is 5.97 Å². The first-order chi connectivity index (χ1) is 9.04. The zero-order valence-corrected chi connectivity index (χ0v) is 11.1. The number of carboxylic acids is 1. The van der Waals surface area contributed by atoms with Gasteiger partial charge in [0, 0.05) is 5.39 Å². The fourth-order valence-electron chi connectivity index (χ4n) is 1.97. The van der Waals surface area contributed by atoms with Gasteiger partial charge in [-0.1, -0.05) is 24.3 Å². The van der Waals surface area contributed by atoms with Crippen LogP contribution in [-0.2, 0) is 0 Å². The van der Waals surface area contributed by atoms with E-state index in [0.717, 1.165) is 10.8 Å². The molecule has 0 saturated carbocycles. The van der Waals surface area contributed by atoms with Gasteiger partial charge in [0.15, 0.2) is 0 Å². The van der Waals surface area contributed by atoms with Crippen molar-refractivity contribution in [2.45, 2.75) is 6.92 Å². The van der Waals surface area contributed by atoms with Crippen LogP contribution in [0.2, 0.25) is 0 Å². The summed E-state index contributed by atoms with van der Waals surface area (Å²) >= 11 is 5.64. The van der Waals surface area contributed by atoms with Crippen LogP contribution in [0.1, 0.15) is 15.9 Å². The Labute approximate surface area is 115 Å². The minimum absolute atomic E-state index is 0.102. The Bertz CT molecular complexity index is 680. The van der Waals surface area contributed by atoms with Gasteiger partial charge in [-0.25, -0.2) is 9.79 Å². The normalized spacial score (nSPS) is 11.8. The molecule has 2 rings (SSSR count). The van der Waals surface area contributed by atoms with E-state index in [1.807, 2.05) is 24.3 Å². The van der Waals surface area contributed by atoms with Gasteiger partial charge in [0.2, 0.25) is 0 Å². The average molecular weight is 277 g/mol. The smallest absolute Gasteiger partial charge is 0.336 e. The molecule has 2 aromatic rings. The van der Waals surface area contributed by atoms with E-state index < -0.39 is 5.97 Å². The summed E-state index contributed by atoms with van der Waals surface area (Å²) in [6.07, 6.45) is 0. The second-order valence-electron chi connectivity index (χ2n) is 4.16. The molecule has 0 aliphatic heterocycles. The van der Waals surface area contributed by atoms with Crippen molar-refractivity contribution in [3.63, 3.8) is 0 Å². The van der Waals surface area contributed by atoms with E-state index in [1.165, 1.54) is 0 Å². The molecule has 0 saturated heterocycles. The number of fused-ring (bicyclic) bond motifs is 1. The summed E-state index contributed by atoms with van der Waals surface area (Å²) in [7, 11) is 0. The summed E-state index contributed by atoms with van der Waals surface area (Å²) in [6.45, 7) is 1.72. The number of nitrogens with zero attached hydrogens (tertiary/aromatic N) is 1. The molecule has 0 bridgehead atoms. The molecule has 0 radical (unpaired) electrons. The number of rotatable bonds is 3. The van der Waals surface area contributed by atoms with Crippen molar-refractivity contribution in [2.24, 2.45) is 10.7 Å². The third-order valence-corrected chi connectivity index (χ3v) is 3.17. The zero-order valence-electron chi connectivity index (χ0n) is 10.4. The number of halogens is 1. The van der Waals surface area contributed by atoms with Crippen LogP contribution in [-0.4, -0.2) is 22.8 Å². The van der Waals surface area contributed by atoms with E-state index in [1.54, 1.807) is 13.0 Å². The Balaban J connectivity index is 2.84. The minimum atomic E-state index is -0.982. The highest BCUT2D eigenvalue weighted by molar-refractivity contribution is 6.28. The molecule has 0 fully saturated rings. The molecule has 2 aromatic carbocycles. The highest BCUT2D eigenvalue weighted by atomic mass is 35.5. The van der Waals surface area contributed by atoms with Gasteiger partial charge in [-0.15, -0.1) is 11.6 Å². The van der Waals surface area contributed by atoms with Crippen LogP contribution in [0.25, 0.3) is 10.8 Å². The van der Waals surface area contributed by atoms with Crippen molar-refractivity contribution in [1.82, 2.24) is 0 Å². The Morgan fingerprint density at radius 3 is 2.74 bits per heavy atom. The Morgan fingerprint density at radius 1 is 1.42 bits per heavy atom. The molecule has 0 aromatic heterocycles. The van der Waals surface area contributed by atoms with Crippen LogP contribution in [0.5, 0.6) is 0 Å². The number of hydrogen-bond acceptors (Lipinski definition) is 2. The number of aliphatic imine (C=N–C) groups is 1. The highest BCUT2D eigenvalue weighted by Gasteiger charge is 2.14. The highest BCUT2D eigenvalue weighted by Crippen LogP contribution is 2.32. The first kappa shape index (κ1) is 13.4. The number of hydrogen-bond donors (Lipinski definition) is 2. The second kappa shape index (κ2) is 5.28. The Kier molecular flexibility index (Phi) is 3.71. The molecule has 98 valence electrons. The average Bonchev–Trinajstić information content (AvgIpc) is 2.41. The third kappa shape index (κ3) is 2.53. The summed E-state index contributed by atoms with van der Waals surface area (Å²) in [6, 6.07) is 9.09. The van der Waals surface area contributed by atoms with Gasteiger partial charge in [0.1, 0.15) is 5.84 Å². The summed E-state index contributed by atoms with van der Waals surface area (Å²) < 4.78 is 0. The summed E-state index contributed by atoms with van der Waals surface area (Å²) in [5.74, 6) is -0.618. The summed E-state index contributed by atoms with van der Waals surface area (Å²) in [5, 5.41) is 10.9. The van der Waals surface area contributed by atoms with Crippen LogP contribution in [0.15, 0.2) is 35.3 Å². The van der Waals surface area contributed by atoms with E-state index in [4.69, 9.17) is 17.3 Å². The van der Waals surface area contributed by atoms with Gasteiger partial charge in [0.05, 0.1) is 17.1 Å². The topological polar surface area (TPSA) is 75.7 Å². The number of nitrogens with two attached hydrogens (primary N) is 1. The number of carboxylic acid groups (broad SMARTS) is 1. The Morgan fingerprint density at radius 2 is 2.11 bits per heavy atom. The van der Waals surface area contributed by atoms with Crippen molar-refractivity contribution < 1.29 is 9.90 Å². The monoisotopic (exact) mass is 276 g/mol. The molecular weight excluding hydrogens is 264 g/mol. The number of benzene rings is 2. The van der Waals surface area contributed by atoms with Gasteiger partial charge in [-0.05, 0) is 23.9 Å². The molecule has 0 atom stereocenters. The molecule has 0 heterocycles. The molecule has 0 unspecified atom stereocenters. The molecule has 3 N–H and O–H groups in total. The van der Waals surface area contributed by atoms with Gasteiger partial charge < -0.3 is 10.8 Å². The van der Waals surface area contributed by atoms with Crippen molar-refractivity contribution >= 4 is 39.9 Å². The summed E-state index contributed by atoms with van der Waals surface area (Å²) in [4.78, 5) is 15.5. The van der Waals surface area contributed by atoms with Gasteiger partial charge in [0.25, 0.3) is 0 Å². The third-order valence-electron chi connectivity index (χ3n) is 2.90. The van der Waals surface area contributed by atoms with Gasteiger partial charge in [-0.3, -0.25) is 0 Å². The molecule has 0 aliphatic rings. The maximum absolute atomic E-state index is 11.3. The Hall–Kier alpha value is -2.07. The molecule has 4 nitrogen and oxygen atoms in total. The fourth-order valence-corrected chi connectivity index (χ4v) is 2.03. The van der Waals surface area contributed by atoms with Crippen LogP contribution in [0, 0.1) is 6.92 Å². The summed E-state index contributed by atoms with van der Waals surface area (Å²) in [5.41, 5.74) is 7.03. The predicted molar refractivity (Wildman–Crippen MR) is 77.6 cm³/mol. The van der Waals surface area contributed by atoms with E-state index in [-0.39, 0.29) is 17.3 Å². The minimum Gasteiger partial charge on any atom is -0.478 e. The maximum Gasteiger partial charge on any atom is 0.336 e. The lowest BCUT2D eigenvalue weighted by atomic mass is 9.99. The molecule has 0 amide bonds. The van der Waals surface area contributed by atoms with E-state index in [2.05, 4.69) is 4.99 Å². The van der Waals surface area contributed by atoms with E-state index >= 15 is 0 Å². The van der Waals surface area contributed by atoms with Crippen LogP contribution in [0.3, 0.4) is 0 Å². The number of carbonyl (C=O) groups is 1. The van der Waals surface area contributed by atoms with Crippen molar-refractivity contribution in [2.75, 3.05) is 5.88 Å². The quantitative estimate of drug-likeness (QED) is 0.514. The SMILES string of the molecule is Cc1c(C(=O)O)cc2ccccc2c1N=C(N)CCl. The first-order valence-corrected chi connectivity index (χ1v) is 6.22. The molecular formula is C14H13ClN2O2. The van der Waals surface area contributed by atoms with Crippen molar-refractivity contribution in [3.8, 4) is 0 Å². The van der Waals surface area contributed by atoms with Crippen LogP contribution >= 0.6 is 11.6 Å². The van der Waals surface area contributed by atoms with Crippen molar-refractivity contribution in [3.05, 3.63) is 41.5 Å². The molecule has 0 spiro atoms. The number of alkyl halides is 1. The second-order valence-corrected chi connectivity index (χ2v) is 4.43. The number of amidine groups is 1. The maximum atomic E-state index is 11.3. The lowest BCUT2D eigenvalue weighted by molar-refractivity contribution is 0.0696. The molecule has 5 heteroatoms. The van der Waals surface area contributed by atoms with E-state index in [0.29, 0.717) is 11.3 Å². The predicted octanol–water partition coefficient (Wildman–Crippen LogP) is 3.07. The standard InChI is InChI=1S/C14H13ClN2O2/c1-8-11(14(18)19)6-9-4-2-3-5-10(9)13(8)17-12(16)7-15/h2-6H,7H2,1H3,(H2,16,17)(H,18,19). The zero-order chi connectivity index (χ0) is 14.0. The van der Waals surface area contributed by atoms with Gasteiger partial charge in [-0.2, -0.15) is 0 Å². The van der Waals surface area contributed by atoms with Crippen molar-refractivity contribution in [1.29, 1.82) is 0 Å². The lowest BCUT2D eigenvalue weighted by Gasteiger charge is -2.10. The lowest BCUT2D eigenvalue weighted by Crippen LogP contribution is -2.12.